The number of nitrogens with one attached hydrogen (secondary N) is 3. The lowest BCUT2D eigenvalue weighted by molar-refractivity contribution is -0.122. The van der Waals surface area contributed by atoms with Gasteiger partial charge in [0.25, 0.3) is 0 Å². The molecule has 0 aromatic heterocycles. The molecule has 2 aromatic rings. The maximum Gasteiger partial charge on any atom is 0.135 e. The van der Waals surface area contributed by atoms with E-state index in [2.05, 4.69) is 69.8 Å². The van der Waals surface area contributed by atoms with Crippen LogP contribution in [0.5, 0.6) is 0 Å². The van der Waals surface area contributed by atoms with Crippen LogP contribution >= 0.6 is 0 Å². The van der Waals surface area contributed by atoms with Gasteiger partial charge in [-0.05, 0) is 24.5 Å². The van der Waals surface area contributed by atoms with Crippen LogP contribution in [0.15, 0.2) is 48.5 Å². The van der Waals surface area contributed by atoms with Crippen LogP contribution in [-0.4, -0.2) is 17.3 Å². The molecule has 0 fully saturated rings. The van der Waals surface area contributed by atoms with Crippen molar-refractivity contribution in [1.82, 2.24) is 16.0 Å². The van der Waals surface area contributed by atoms with Gasteiger partial charge < -0.3 is 10.7 Å². The maximum absolute atomic E-state index is 11.8. The highest BCUT2D eigenvalue weighted by molar-refractivity contribution is 5.95. The lowest BCUT2D eigenvalue weighted by atomic mass is 9.97. The zero-order chi connectivity index (χ0) is 22.2. The van der Waals surface area contributed by atoms with Crippen molar-refractivity contribution < 1.29 is 4.79 Å². The summed E-state index contributed by atoms with van der Waals surface area (Å²) < 4.78 is 0. The first kappa shape index (κ1) is 22.9. The Bertz CT molecular complexity index is 919. The van der Waals surface area contributed by atoms with Gasteiger partial charge in [0.15, 0.2) is 0 Å². The molecule has 0 spiro atoms. The normalized spacial score (nSPS) is 14.3. The van der Waals surface area contributed by atoms with Gasteiger partial charge in [-0.1, -0.05) is 76.6 Å². The summed E-state index contributed by atoms with van der Waals surface area (Å²) in [6.45, 7) is 9.65. The van der Waals surface area contributed by atoms with Gasteiger partial charge in [-0.25, -0.2) is 0 Å². The van der Waals surface area contributed by atoms with E-state index in [1.165, 1.54) is 22.4 Å². The highest BCUT2D eigenvalue weighted by Crippen LogP contribution is 2.37. The second-order valence-corrected chi connectivity index (χ2v) is 8.10. The number of benzene rings is 2. The minimum absolute atomic E-state index is 0.145. The largest absolute Gasteiger partial charge is 0.380 e. The van der Waals surface area contributed by atoms with E-state index < -0.39 is 0 Å². The van der Waals surface area contributed by atoms with Crippen molar-refractivity contribution in [1.29, 1.82) is 0 Å². The van der Waals surface area contributed by atoms with Crippen LogP contribution in [0.1, 0.15) is 70.1 Å². The van der Waals surface area contributed by atoms with Crippen LogP contribution in [0.25, 0.3) is 11.4 Å². The van der Waals surface area contributed by atoms with Crippen molar-refractivity contribution in [2.75, 3.05) is 11.9 Å². The van der Waals surface area contributed by atoms with Crippen LogP contribution in [0, 0.1) is 5.92 Å². The average molecular weight is 421 g/mol. The number of Topliss-reactive ketones (excluding diaryl/α,β-unsaturated/α-hetero) is 1. The minimum atomic E-state index is 0.145. The van der Waals surface area contributed by atoms with Crippen molar-refractivity contribution in [2.45, 2.75) is 59.9 Å². The Balaban J connectivity index is 0.00000132. The van der Waals surface area contributed by atoms with E-state index in [1.54, 1.807) is 0 Å². The van der Waals surface area contributed by atoms with Gasteiger partial charge in [-0.2, -0.15) is 0 Å². The molecule has 4 rings (SSSR count). The zero-order valence-electron chi connectivity index (χ0n) is 19.3. The second kappa shape index (κ2) is 11.0. The van der Waals surface area contributed by atoms with Crippen molar-refractivity contribution in [3.8, 4) is 0 Å². The first-order valence-corrected chi connectivity index (χ1v) is 11.6. The third-order valence-electron chi connectivity index (χ3n) is 5.71. The van der Waals surface area contributed by atoms with Crippen molar-refractivity contribution in [2.24, 2.45) is 5.92 Å². The van der Waals surface area contributed by atoms with Gasteiger partial charge >= 0.3 is 0 Å². The highest BCUT2D eigenvalue weighted by atomic mass is 16.1. The van der Waals surface area contributed by atoms with Gasteiger partial charge in [0.05, 0.1) is 11.4 Å². The lowest BCUT2D eigenvalue weighted by Gasteiger charge is -2.25. The molecule has 0 aliphatic carbocycles. The van der Waals surface area contributed by atoms with E-state index >= 15 is 0 Å². The standard InChI is InChI=1S/C24H30N4O.C2H6/c1-17(2)22(29)14-4-3-9-15-28-24-20-12-7-8-13-21(20)25-16-18-10-5-6-11-19(18)23(24)26-27-28;1-2/h5-8,10-13,17,25-27H,3-4,9,14-16H2,1-2H3;1-2H3. The van der Waals surface area contributed by atoms with Crippen molar-refractivity contribution in [3.05, 3.63) is 65.2 Å². The number of ketones is 1. The molecule has 0 radical (unpaired) electrons. The Hall–Kier alpha value is -2.79. The molecule has 0 saturated carbocycles. The molecular formula is C26H36N4O. The third-order valence-corrected chi connectivity index (χ3v) is 5.71. The number of hydrogen-bond acceptors (Lipinski definition) is 5. The summed E-state index contributed by atoms with van der Waals surface area (Å²) in [5.41, 5.74) is 13.9. The van der Waals surface area contributed by atoms with Gasteiger partial charge in [0, 0.05) is 42.2 Å². The van der Waals surface area contributed by atoms with Crippen molar-refractivity contribution >= 4 is 22.9 Å². The quantitative estimate of drug-likeness (QED) is 0.511. The number of fused-ring (bicyclic) bond motifs is 4. The summed E-state index contributed by atoms with van der Waals surface area (Å²) in [6.07, 6.45) is 3.74. The number of carbonyl (C=O) groups excluding carboxylic acids is 1. The smallest absolute Gasteiger partial charge is 0.135 e. The Labute approximate surface area is 186 Å². The molecule has 0 atom stereocenters. The summed E-state index contributed by atoms with van der Waals surface area (Å²) in [4.78, 5) is 11.8. The predicted octanol–water partition coefficient (Wildman–Crippen LogP) is 5.57. The molecule has 166 valence electrons. The van der Waals surface area contributed by atoms with Crippen LogP contribution < -0.4 is 16.3 Å². The molecule has 2 heterocycles. The number of nitrogens with zero attached hydrogens (tertiary/aromatic N) is 1. The SMILES string of the molecule is CC.CC(C)C(=O)CCCCCN1NNC2=C1c1ccccc1NCc1ccccc12. The molecule has 5 nitrogen and oxygen atoms in total. The monoisotopic (exact) mass is 420 g/mol. The topological polar surface area (TPSA) is 56.4 Å². The molecule has 31 heavy (non-hydrogen) atoms. The molecule has 2 aliphatic heterocycles. The maximum atomic E-state index is 11.8. The molecule has 3 N–H and O–H groups in total. The summed E-state index contributed by atoms with van der Waals surface area (Å²) in [5, 5.41) is 5.81. The fourth-order valence-corrected chi connectivity index (χ4v) is 4.00. The Morgan fingerprint density at radius 2 is 1.68 bits per heavy atom. The van der Waals surface area contributed by atoms with Gasteiger partial charge in [-0.15, -0.1) is 5.53 Å². The molecule has 2 aliphatic rings. The molecule has 0 bridgehead atoms. The Morgan fingerprint density at radius 3 is 2.45 bits per heavy atom. The van der Waals surface area contributed by atoms with E-state index in [0.717, 1.165) is 43.7 Å². The summed E-state index contributed by atoms with van der Waals surface area (Å²) in [7, 11) is 0. The summed E-state index contributed by atoms with van der Waals surface area (Å²) in [5.74, 6) is 0.513. The van der Waals surface area contributed by atoms with E-state index in [4.69, 9.17) is 0 Å². The fourth-order valence-electron chi connectivity index (χ4n) is 4.00. The number of rotatable bonds is 7. The number of para-hydroxylation sites is 1. The fraction of sp³-hybridized carbons (Fsp3) is 0.423. The molecule has 2 aromatic carbocycles. The van der Waals surface area contributed by atoms with E-state index in [-0.39, 0.29) is 5.92 Å². The van der Waals surface area contributed by atoms with Crippen LogP contribution in [0.4, 0.5) is 5.69 Å². The molecule has 0 saturated heterocycles. The van der Waals surface area contributed by atoms with Gasteiger partial charge in [0.1, 0.15) is 5.78 Å². The van der Waals surface area contributed by atoms with Gasteiger partial charge in [-0.3, -0.25) is 9.80 Å². The van der Waals surface area contributed by atoms with Crippen LogP contribution in [0.3, 0.4) is 0 Å². The number of unbranched alkanes of at least 4 members (excludes halogenated alkanes) is 2. The first-order chi connectivity index (χ1) is 15.1. The third kappa shape index (κ3) is 5.28. The number of hydrogen-bond donors (Lipinski definition) is 3. The summed E-state index contributed by atoms with van der Waals surface area (Å²) in [6, 6.07) is 17.0. The summed E-state index contributed by atoms with van der Waals surface area (Å²) >= 11 is 0. The molecule has 5 heteroatoms. The molecule has 0 unspecified atom stereocenters. The highest BCUT2D eigenvalue weighted by Gasteiger charge is 2.28. The average Bonchev–Trinajstić information content (AvgIpc) is 3.20. The second-order valence-electron chi connectivity index (χ2n) is 8.10. The predicted molar refractivity (Wildman–Crippen MR) is 130 cm³/mol. The number of carbonyl (C=O) groups is 1. The first-order valence-electron chi connectivity index (χ1n) is 11.6. The minimum Gasteiger partial charge on any atom is -0.380 e. The van der Waals surface area contributed by atoms with Crippen LogP contribution in [0.2, 0.25) is 0 Å². The van der Waals surface area contributed by atoms with E-state index in [1.807, 2.05) is 27.7 Å². The van der Waals surface area contributed by atoms with Crippen molar-refractivity contribution in [3.63, 3.8) is 0 Å². The number of anilines is 1. The zero-order valence-corrected chi connectivity index (χ0v) is 19.3. The number of hydrazine groups is 2. The Kier molecular flexibility index (Phi) is 8.13. The van der Waals surface area contributed by atoms with E-state index in [0.29, 0.717) is 12.2 Å². The molecular weight excluding hydrogens is 384 g/mol. The Morgan fingerprint density at radius 1 is 0.968 bits per heavy atom. The lowest BCUT2D eigenvalue weighted by Crippen LogP contribution is -2.38. The molecule has 0 amide bonds. The van der Waals surface area contributed by atoms with E-state index in [9.17, 15) is 4.79 Å². The van der Waals surface area contributed by atoms with Gasteiger partial charge in [0.2, 0.25) is 0 Å². The van der Waals surface area contributed by atoms with Crippen LogP contribution in [-0.2, 0) is 11.3 Å².